The van der Waals surface area contributed by atoms with Gasteiger partial charge in [0, 0.05) is 11.3 Å². The summed E-state index contributed by atoms with van der Waals surface area (Å²) in [7, 11) is 0. The molecule has 0 aliphatic rings. The van der Waals surface area contributed by atoms with E-state index in [-0.39, 0.29) is 12.0 Å². The van der Waals surface area contributed by atoms with Gasteiger partial charge in [0.2, 0.25) is 11.8 Å². The fraction of sp³-hybridized carbons (Fsp3) is 0.182. The molecule has 0 spiro atoms. The number of rotatable bonds is 5. The average Bonchev–Trinajstić information content (AvgIpc) is 2.27. The first-order chi connectivity index (χ1) is 8.40. The summed E-state index contributed by atoms with van der Waals surface area (Å²) in [6.07, 6.45) is -0.344. The molecule has 96 valence electrons. The van der Waals surface area contributed by atoms with E-state index in [1.54, 1.807) is 12.1 Å². The van der Waals surface area contributed by atoms with Crippen LogP contribution >= 0.6 is 0 Å². The fourth-order valence-corrected chi connectivity index (χ4v) is 1.35. The molecule has 0 fully saturated rings. The molecule has 1 unspecified atom stereocenters. The lowest BCUT2D eigenvalue weighted by Gasteiger charge is -2.13. The van der Waals surface area contributed by atoms with Crippen molar-refractivity contribution in [2.24, 2.45) is 11.5 Å². The standard InChI is InChI=1S/C11H14N4O3/c12-7-3-1-2-6(4-7)11(18)15-8(10(14)17)5-9(13)16/h1-4,8H,5,12H2,(H2,13,16)(H2,14,17)(H,15,18). The Hall–Kier alpha value is -2.57. The molecule has 0 bridgehead atoms. The minimum Gasteiger partial charge on any atom is -0.399 e. The molecule has 0 saturated heterocycles. The van der Waals surface area contributed by atoms with Gasteiger partial charge < -0.3 is 22.5 Å². The number of primary amides is 2. The molecular formula is C11H14N4O3. The van der Waals surface area contributed by atoms with E-state index in [0.29, 0.717) is 5.69 Å². The minimum absolute atomic E-state index is 0.269. The van der Waals surface area contributed by atoms with Crippen LogP contribution in [-0.2, 0) is 9.59 Å². The van der Waals surface area contributed by atoms with Gasteiger partial charge in [-0.05, 0) is 18.2 Å². The number of amides is 3. The van der Waals surface area contributed by atoms with Crippen molar-refractivity contribution in [3.8, 4) is 0 Å². The average molecular weight is 250 g/mol. The molecule has 0 heterocycles. The molecule has 7 nitrogen and oxygen atoms in total. The van der Waals surface area contributed by atoms with E-state index in [4.69, 9.17) is 17.2 Å². The van der Waals surface area contributed by atoms with Crippen molar-refractivity contribution < 1.29 is 14.4 Å². The second-order valence-electron chi connectivity index (χ2n) is 3.72. The lowest BCUT2D eigenvalue weighted by Crippen LogP contribution is -2.46. The highest BCUT2D eigenvalue weighted by Crippen LogP contribution is 2.06. The Labute approximate surface area is 103 Å². The summed E-state index contributed by atoms with van der Waals surface area (Å²) in [4.78, 5) is 33.5. The van der Waals surface area contributed by atoms with Crippen LogP contribution in [-0.4, -0.2) is 23.8 Å². The van der Waals surface area contributed by atoms with Gasteiger partial charge >= 0.3 is 0 Å². The summed E-state index contributed by atoms with van der Waals surface area (Å²) >= 11 is 0. The Morgan fingerprint density at radius 3 is 2.39 bits per heavy atom. The highest BCUT2D eigenvalue weighted by molar-refractivity contribution is 5.99. The van der Waals surface area contributed by atoms with Gasteiger partial charge in [-0.3, -0.25) is 14.4 Å². The Kier molecular flexibility index (Phi) is 4.25. The normalized spacial score (nSPS) is 11.6. The number of nitrogens with two attached hydrogens (primary N) is 3. The second-order valence-corrected chi connectivity index (χ2v) is 3.72. The molecule has 7 N–H and O–H groups in total. The van der Waals surface area contributed by atoms with E-state index in [2.05, 4.69) is 5.32 Å². The van der Waals surface area contributed by atoms with Gasteiger partial charge in [0.15, 0.2) is 0 Å². The smallest absolute Gasteiger partial charge is 0.252 e. The molecule has 1 aromatic carbocycles. The number of hydrogen-bond acceptors (Lipinski definition) is 4. The van der Waals surface area contributed by atoms with Crippen molar-refractivity contribution in [1.82, 2.24) is 5.32 Å². The first-order valence-corrected chi connectivity index (χ1v) is 5.14. The predicted molar refractivity (Wildman–Crippen MR) is 65.1 cm³/mol. The van der Waals surface area contributed by atoms with Crippen LogP contribution in [0.4, 0.5) is 5.69 Å². The van der Waals surface area contributed by atoms with Crippen molar-refractivity contribution >= 4 is 23.4 Å². The molecule has 7 heteroatoms. The maximum absolute atomic E-state index is 11.8. The summed E-state index contributed by atoms with van der Waals surface area (Å²) in [6.45, 7) is 0. The lowest BCUT2D eigenvalue weighted by molar-refractivity contribution is -0.124. The van der Waals surface area contributed by atoms with Crippen molar-refractivity contribution in [3.63, 3.8) is 0 Å². The van der Waals surface area contributed by atoms with Crippen molar-refractivity contribution in [1.29, 1.82) is 0 Å². The Morgan fingerprint density at radius 2 is 1.89 bits per heavy atom. The van der Waals surface area contributed by atoms with Crippen LogP contribution in [0.25, 0.3) is 0 Å². The number of carbonyl (C=O) groups excluding carboxylic acids is 3. The first-order valence-electron chi connectivity index (χ1n) is 5.14. The number of nitrogen functional groups attached to an aromatic ring is 1. The number of benzene rings is 1. The molecule has 3 amide bonds. The third kappa shape index (κ3) is 3.78. The van der Waals surface area contributed by atoms with Gasteiger partial charge in [-0.25, -0.2) is 0 Å². The van der Waals surface area contributed by atoms with E-state index < -0.39 is 23.8 Å². The fourth-order valence-electron chi connectivity index (χ4n) is 1.35. The van der Waals surface area contributed by atoms with E-state index in [1.807, 2.05) is 0 Å². The monoisotopic (exact) mass is 250 g/mol. The van der Waals surface area contributed by atoms with Crippen LogP contribution in [0.3, 0.4) is 0 Å². The predicted octanol–water partition coefficient (Wildman–Crippen LogP) is -1.27. The summed E-state index contributed by atoms with van der Waals surface area (Å²) in [5.41, 5.74) is 16.2. The van der Waals surface area contributed by atoms with E-state index >= 15 is 0 Å². The quantitative estimate of drug-likeness (QED) is 0.483. The van der Waals surface area contributed by atoms with Gasteiger partial charge in [-0.15, -0.1) is 0 Å². The van der Waals surface area contributed by atoms with Crippen LogP contribution in [0.15, 0.2) is 24.3 Å². The summed E-state index contributed by atoms with van der Waals surface area (Å²) in [6, 6.07) is 5.05. The molecule has 0 aromatic heterocycles. The van der Waals surface area contributed by atoms with Gasteiger partial charge in [0.25, 0.3) is 5.91 Å². The second kappa shape index (κ2) is 5.67. The Bertz CT molecular complexity index is 487. The zero-order chi connectivity index (χ0) is 13.7. The SMILES string of the molecule is NC(=O)CC(NC(=O)c1cccc(N)c1)C(N)=O. The van der Waals surface area contributed by atoms with Crippen LogP contribution < -0.4 is 22.5 Å². The molecular weight excluding hydrogens is 236 g/mol. The summed E-state index contributed by atoms with van der Waals surface area (Å²) < 4.78 is 0. The zero-order valence-electron chi connectivity index (χ0n) is 9.55. The lowest BCUT2D eigenvalue weighted by atomic mass is 10.1. The molecule has 0 saturated carbocycles. The van der Waals surface area contributed by atoms with Gasteiger partial charge in [0.05, 0.1) is 6.42 Å². The van der Waals surface area contributed by atoms with Crippen LogP contribution in [0.5, 0.6) is 0 Å². The van der Waals surface area contributed by atoms with Crippen LogP contribution in [0.2, 0.25) is 0 Å². The van der Waals surface area contributed by atoms with Crippen molar-refractivity contribution in [2.75, 3.05) is 5.73 Å². The largest absolute Gasteiger partial charge is 0.399 e. The molecule has 0 aliphatic heterocycles. The van der Waals surface area contributed by atoms with Crippen molar-refractivity contribution in [2.45, 2.75) is 12.5 Å². The third-order valence-electron chi connectivity index (χ3n) is 2.20. The minimum atomic E-state index is -1.13. The molecule has 1 atom stereocenters. The molecule has 18 heavy (non-hydrogen) atoms. The molecule has 0 radical (unpaired) electrons. The highest BCUT2D eigenvalue weighted by atomic mass is 16.2. The number of anilines is 1. The summed E-state index contributed by atoms with van der Waals surface area (Å²) in [5, 5.41) is 2.32. The third-order valence-corrected chi connectivity index (χ3v) is 2.20. The van der Waals surface area contributed by atoms with Gasteiger partial charge in [-0.1, -0.05) is 6.07 Å². The zero-order valence-corrected chi connectivity index (χ0v) is 9.55. The Balaban J connectivity index is 2.78. The molecule has 1 rings (SSSR count). The van der Waals surface area contributed by atoms with Crippen LogP contribution in [0.1, 0.15) is 16.8 Å². The van der Waals surface area contributed by atoms with Gasteiger partial charge in [-0.2, -0.15) is 0 Å². The first kappa shape index (κ1) is 13.5. The Morgan fingerprint density at radius 1 is 1.22 bits per heavy atom. The van der Waals surface area contributed by atoms with E-state index in [1.165, 1.54) is 12.1 Å². The molecule has 1 aromatic rings. The maximum Gasteiger partial charge on any atom is 0.252 e. The topological polar surface area (TPSA) is 141 Å². The maximum atomic E-state index is 11.8. The number of nitrogens with one attached hydrogen (secondary N) is 1. The van der Waals surface area contributed by atoms with Crippen molar-refractivity contribution in [3.05, 3.63) is 29.8 Å². The number of hydrogen-bond donors (Lipinski definition) is 4. The van der Waals surface area contributed by atoms with Crippen LogP contribution in [0, 0.1) is 0 Å². The summed E-state index contributed by atoms with van der Waals surface area (Å²) in [5.74, 6) is -2.11. The van der Waals surface area contributed by atoms with E-state index in [0.717, 1.165) is 0 Å². The van der Waals surface area contributed by atoms with E-state index in [9.17, 15) is 14.4 Å². The number of carbonyl (C=O) groups is 3. The van der Waals surface area contributed by atoms with Gasteiger partial charge in [0.1, 0.15) is 6.04 Å². The molecule has 0 aliphatic carbocycles. The highest BCUT2D eigenvalue weighted by Gasteiger charge is 2.20.